The number of aromatic nitrogens is 1. The molecule has 1 rings (SSSR count). The third-order valence-corrected chi connectivity index (χ3v) is 2.83. The standard InChI is InChI=1S/C11H14F3NO3S/c1-8(7-18-19(2,16)17)5-9-3-4-10(15-6-9)11(12,13)14/h3-4,6,8H,5,7H2,1-2H3. The average molecular weight is 297 g/mol. The number of hydrogen-bond donors (Lipinski definition) is 0. The molecule has 0 spiro atoms. The first-order chi connectivity index (χ1) is 8.58. The van der Waals surface area contributed by atoms with E-state index < -0.39 is 22.0 Å². The van der Waals surface area contributed by atoms with Crippen LogP contribution in [0.5, 0.6) is 0 Å². The van der Waals surface area contributed by atoms with Gasteiger partial charge in [0.1, 0.15) is 5.69 Å². The molecule has 1 heterocycles. The van der Waals surface area contributed by atoms with Crippen molar-refractivity contribution in [1.29, 1.82) is 0 Å². The van der Waals surface area contributed by atoms with Crippen molar-refractivity contribution in [2.75, 3.05) is 12.9 Å². The minimum atomic E-state index is -4.45. The fraction of sp³-hybridized carbons (Fsp3) is 0.545. The molecule has 0 amide bonds. The first-order valence-corrected chi connectivity index (χ1v) is 7.26. The van der Waals surface area contributed by atoms with Gasteiger partial charge in [0.25, 0.3) is 10.1 Å². The van der Waals surface area contributed by atoms with Crippen LogP contribution in [0, 0.1) is 5.92 Å². The molecule has 19 heavy (non-hydrogen) atoms. The van der Waals surface area contributed by atoms with E-state index in [1.807, 2.05) is 0 Å². The predicted molar refractivity (Wildman–Crippen MR) is 62.9 cm³/mol. The van der Waals surface area contributed by atoms with E-state index >= 15 is 0 Å². The molecule has 8 heteroatoms. The summed E-state index contributed by atoms with van der Waals surface area (Å²) in [6.07, 6.45) is -1.98. The summed E-state index contributed by atoms with van der Waals surface area (Å²) in [7, 11) is -3.50. The van der Waals surface area contributed by atoms with Gasteiger partial charge in [-0.25, -0.2) is 0 Å². The number of rotatable bonds is 5. The van der Waals surface area contributed by atoms with Gasteiger partial charge in [-0.2, -0.15) is 21.6 Å². The number of halogens is 3. The Morgan fingerprint density at radius 3 is 2.42 bits per heavy atom. The lowest BCUT2D eigenvalue weighted by atomic mass is 10.0. The van der Waals surface area contributed by atoms with E-state index in [1.54, 1.807) is 6.92 Å². The van der Waals surface area contributed by atoms with Crippen molar-refractivity contribution in [1.82, 2.24) is 4.98 Å². The van der Waals surface area contributed by atoms with Crippen LogP contribution in [-0.2, 0) is 26.9 Å². The highest BCUT2D eigenvalue weighted by Crippen LogP contribution is 2.27. The molecule has 1 aromatic heterocycles. The van der Waals surface area contributed by atoms with E-state index in [1.165, 1.54) is 6.07 Å². The predicted octanol–water partition coefficient (Wildman–Crippen LogP) is 2.26. The summed E-state index contributed by atoms with van der Waals surface area (Å²) < 4.78 is 63.0. The Balaban J connectivity index is 2.58. The quantitative estimate of drug-likeness (QED) is 0.782. The van der Waals surface area contributed by atoms with Crippen LogP contribution in [0.15, 0.2) is 18.3 Å². The summed E-state index contributed by atoms with van der Waals surface area (Å²) in [6.45, 7) is 1.72. The van der Waals surface area contributed by atoms with Crippen molar-refractivity contribution in [3.63, 3.8) is 0 Å². The van der Waals surface area contributed by atoms with Crippen molar-refractivity contribution in [2.45, 2.75) is 19.5 Å². The Morgan fingerprint density at radius 2 is 2.00 bits per heavy atom. The molecule has 0 N–H and O–H groups in total. The largest absolute Gasteiger partial charge is 0.433 e. The van der Waals surface area contributed by atoms with Crippen molar-refractivity contribution < 1.29 is 25.8 Å². The Kier molecular flexibility index (Phi) is 4.92. The monoisotopic (exact) mass is 297 g/mol. The Bertz CT molecular complexity index is 511. The maximum atomic E-state index is 12.3. The first-order valence-electron chi connectivity index (χ1n) is 5.44. The van der Waals surface area contributed by atoms with Gasteiger partial charge in [-0.05, 0) is 24.0 Å². The van der Waals surface area contributed by atoms with Crippen molar-refractivity contribution in [3.8, 4) is 0 Å². The zero-order valence-electron chi connectivity index (χ0n) is 10.4. The Hall–Kier alpha value is -1.15. The molecule has 4 nitrogen and oxygen atoms in total. The fourth-order valence-electron chi connectivity index (χ4n) is 1.41. The molecule has 0 radical (unpaired) electrons. The molecule has 1 unspecified atom stereocenters. The van der Waals surface area contributed by atoms with Crippen LogP contribution in [0.1, 0.15) is 18.2 Å². The van der Waals surface area contributed by atoms with Crippen LogP contribution in [-0.4, -0.2) is 26.3 Å². The SMILES string of the molecule is CC(COS(C)(=O)=O)Cc1ccc(C(F)(F)F)nc1. The van der Waals surface area contributed by atoms with Crippen LogP contribution in [0.3, 0.4) is 0 Å². The highest BCUT2D eigenvalue weighted by atomic mass is 32.2. The zero-order valence-corrected chi connectivity index (χ0v) is 11.3. The van der Waals surface area contributed by atoms with Gasteiger partial charge in [-0.1, -0.05) is 13.0 Å². The summed E-state index contributed by atoms with van der Waals surface area (Å²) in [6, 6.07) is 2.23. The summed E-state index contributed by atoms with van der Waals surface area (Å²) in [4.78, 5) is 3.33. The van der Waals surface area contributed by atoms with Gasteiger partial charge in [-0.3, -0.25) is 9.17 Å². The second kappa shape index (κ2) is 5.87. The van der Waals surface area contributed by atoms with E-state index in [2.05, 4.69) is 9.17 Å². The molecular weight excluding hydrogens is 283 g/mol. The molecule has 0 fully saturated rings. The summed E-state index contributed by atoms with van der Waals surface area (Å²) in [5.41, 5.74) is -0.353. The molecule has 108 valence electrons. The minimum Gasteiger partial charge on any atom is -0.270 e. The third-order valence-electron chi connectivity index (χ3n) is 2.27. The maximum absolute atomic E-state index is 12.3. The molecule has 0 aliphatic heterocycles. The lowest BCUT2D eigenvalue weighted by Crippen LogP contribution is -2.13. The van der Waals surface area contributed by atoms with Crippen molar-refractivity contribution in [2.24, 2.45) is 5.92 Å². The van der Waals surface area contributed by atoms with E-state index in [0.29, 0.717) is 12.0 Å². The van der Waals surface area contributed by atoms with Gasteiger partial charge in [0.15, 0.2) is 0 Å². The summed E-state index contributed by atoms with van der Waals surface area (Å²) in [5.74, 6) is -0.145. The third kappa shape index (κ3) is 6.02. The highest BCUT2D eigenvalue weighted by molar-refractivity contribution is 7.85. The zero-order chi connectivity index (χ0) is 14.7. The van der Waals surface area contributed by atoms with Crippen LogP contribution in [0.25, 0.3) is 0 Å². The molecule has 0 aliphatic carbocycles. The van der Waals surface area contributed by atoms with Gasteiger partial charge in [-0.15, -0.1) is 0 Å². The maximum Gasteiger partial charge on any atom is 0.433 e. The normalized spacial score (nSPS) is 14.4. The molecular formula is C11H14F3NO3S. The van der Waals surface area contributed by atoms with E-state index in [-0.39, 0.29) is 12.5 Å². The molecule has 1 aromatic rings. The van der Waals surface area contributed by atoms with Crippen LogP contribution >= 0.6 is 0 Å². The Labute approximate surface area is 109 Å². The second-order valence-electron chi connectivity index (χ2n) is 4.35. The summed E-state index contributed by atoms with van der Waals surface area (Å²) >= 11 is 0. The number of nitrogens with zero attached hydrogens (tertiary/aromatic N) is 1. The topological polar surface area (TPSA) is 56.3 Å². The number of hydrogen-bond acceptors (Lipinski definition) is 4. The number of alkyl halides is 3. The minimum absolute atomic E-state index is 0.0140. The van der Waals surface area contributed by atoms with Crippen LogP contribution < -0.4 is 0 Å². The molecule has 0 aliphatic rings. The van der Waals surface area contributed by atoms with Gasteiger partial charge >= 0.3 is 6.18 Å². The highest BCUT2D eigenvalue weighted by Gasteiger charge is 2.32. The van der Waals surface area contributed by atoms with Crippen LogP contribution in [0.4, 0.5) is 13.2 Å². The van der Waals surface area contributed by atoms with Gasteiger partial charge in [0.2, 0.25) is 0 Å². The summed E-state index contributed by atoms with van der Waals surface area (Å²) in [5, 5.41) is 0. The van der Waals surface area contributed by atoms with Gasteiger partial charge in [0, 0.05) is 6.20 Å². The Morgan fingerprint density at radius 1 is 1.37 bits per heavy atom. The molecule has 0 aromatic carbocycles. The van der Waals surface area contributed by atoms with E-state index in [0.717, 1.165) is 18.5 Å². The average Bonchev–Trinajstić information content (AvgIpc) is 2.25. The first kappa shape index (κ1) is 15.9. The lowest BCUT2D eigenvalue weighted by Gasteiger charge is -2.11. The van der Waals surface area contributed by atoms with Gasteiger partial charge < -0.3 is 0 Å². The molecule has 0 saturated heterocycles. The van der Waals surface area contributed by atoms with Crippen molar-refractivity contribution in [3.05, 3.63) is 29.6 Å². The molecule has 0 bridgehead atoms. The fourth-order valence-corrected chi connectivity index (χ4v) is 1.89. The second-order valence-corrected chi connectivity index (χ2v) is 5.99. The molecule has 0 saturated carbocycles. The van der Waals surface area contributed by atoms with E-state index in [4.69, 9.17) is 0 Å². The smallest absolute Gasteiger partial charge is 0.270 e. The van der Waals surface area contributed by atoms with Crippen molar-refractivity contribution >= 4 is 10.1 Å². The lowest BCUT2D eigenvalue weighted by molar-refractivity contribution is -0.141. The number of pyridine rings is 1. The van der Waals surface area contributed by atoms with E-state index in [9.17, 15) is 21.6 Å². The van der Waals surface area contributed by atoms with Gasteiger partial charge in [0.05, 0.1) is 12.9 Å². The van der Waals surface area contributed by atoms with Crippen LogP contribution in [0.2, 0.25) is 0 Å². The molecule has 1 atom stereocenters.